The summed E-state index contributed by atoms with van der Waals surface area (Å²) in [6.45, 7) is 1.39. The zero-order chi connectivity index (χ0) is 20.1. The van der Waals surface area contributed by atoms with Crippen LogP contribution in [0.2, 0.25) is 0 Å². The summed E-state index contributed by atoms with van der Waals surface area (Å²) < 4.78 is 10.4. The Hall–Kier alpha value is -3.94. The summed E-state index contributed by atoms with van der Waals surface area (Å²) in [4.78, 5) is 34.2. The average molecular weight is 380 g/mol. The van der Waals surface area contributed by atoms with Gasteiger partial charge in [-0.3, -0.25) is 14.9 Å². The fraction of sp³-hybridized carbons (Fsp3) is 0.100. The van der Waals surface area contributed by atoms with Gasteiger partial charge in [-0.05, 0) is 42.8 Å². The standard InChI is InChI=1S/C20H16N2O6/c1-13-4-2-3-5-16(13)21-19(23)12-27-20(24)18-11-10-17(28-18)14-6-8-15(9-7-14)22(25)26/h2-11H,12H2,1H3,(H,21,23). The highest BCUT2D eigenvalue weighted by atomic mass is 16.6. The van der Waals surface area contributed by atoms with E-state index in [4.69, 9.17) is 9.15 Å². The highest BCUT2D eigenvalue weighted by Gasteiger charge is 2.16. The number of hydrogen-bond acceptors (Lipinski definition) is 6. The number of hydrogen-bond donors (Lipinski definition) is 1. The molecule has 0 spiro atoms. The molecule has 1 aromatic heterocycles. The maximum absolute atomic E-state index is 12.1. The van der Waals surface area contributed by atoms with Gasteiger partial charge in [0.1, 0.15) is 5.76 Å². The predicted molar refractivity (Wildman–Crippen MR) is 101 cm³/mol. The molecule has 0 saturated carbocycles. The van der Waals surface area contributed by atoms with Crippen molar-refractivity contribution in [2.24, 2.45) is 0 Å². The third-order valence-corrected chi connectivity index (χ3v) is 3.92. The summed E-state index contributed by atoms with van der Waals surface area (Å²) in [6, 6.07) is 15.9. The first-order valence-corrected chi connectivity index (χ1v) is 8.31. The van der Waals surface area contributed by atoms with Crippen LogP contribution in [-0.4, -0.2) is 23.4 Å². The number of nitrogens with one attached hydrogen (secondary N) is 1. The number of non-ortho nitro benzene ring substituents is 1. The third-order valence-electron chi connectivity index (χ3n) is 3.92. The summed E-state index contributed by atoms with van der Waals surface area (Å²) in [7, 11) is 0. The van der Waals surface area contributed by atoms with Crippen molar-refractivity contribution in [3.63, 3.8) is 0 Å². The zero-order valence-corrected chi connectivity index (χ0v) is 14.9. The molecule has 0 atom stereocenters. The van der Waals surface area contributed by atoms with E-state index in [0.29, 0.717) is 17.0 Å². The molecule has 0 aliphatic carbocycles. The average Bonchev–Trinajstić information content (AvgIpc) is 3.18. The van der Waals surface area contributed by atoms with Crippen LogP contribution in [0.15, 0.2) is 65.1 Å². The number of aryl methyl sites for hydroxylation is 1. The van der Waals surface area contributed by atoms with Crippen LogP contribution in [0.3, 0.4) is 0 Å². The van der Waals surface area contributed by atoms with Gasteiger partial charge in [-0.1, -0.05) is 18.2 Å². The Bertz CT molecular complexity index is 1020. The molecule has 8 heteroatoms. The van der Waals surface area contributed by atoms with Gasteiger partial charge in [0.2, 0.25) is 5.76 Å². The summed E-state index contributed by atoms with van der Waals surface area (Å²) in [5, 5.41) is 13.4. The van der Waals surface area contributed by atoms with Crippen molar-refractivity contribution in [2.45, 2.75) is 6.92 Å². The lowest BCUT2D eigenvalue weighted by Crippen LogP contribution is -2.21. The molecule has 3 aromatic rings. The van der Waals surface area contributed by atoms with Crippen molar-refractivity contribution < 1.29 is 23.7 Å². The zero-order valence-electron chi connectivity index (χ0n) is 14.9. The Kier molecular flexibility index (Phi) is 5.50. The van der Waals surface area contributed by atoms with Gasteiger partial charge in [0.05, 0.1) is 4.92 Å². The van der Waals surface area contributed by atoms with Crippen molar-refractivity contribution in [1.82, 2.24) is 0 Å². The number of carbonyl (C=O) groups excluding carboxylic acids is 2. The Morgan fingerprint density at radius 1 is 1.07 bits per heavy atom. The third kappa shape index (κ3) is 4.42. The normalized spacial score (nSPS) is 10.3. The number of nitro benzene ring substituents is 1. The minimum absolute atomic E-state index is 0.0467. The highest BCUT2D eigenvalue weighted by Crippen LogP contribution is 2.24. The molecule has 0 fully saturated rings. The molecule has 8 nitrogen and oxygen atoms in total. The minimum Gasteiger partial charge on any atom is -0.450 e. The molecule has 142 valence electrons. The number of nitrogens with zero attached hydrogens (tertiary/aromatic N) is 1. The molecule has 3 rings (SSSR count). The van der Waals surface area contributed by atoms with Crippen molar-refractivity contribution in [3.05, 3.63) is 82.1 Å². The summed E-state index contributed by atoms with van der Waals surface area (Å²) in [5.74, 6) is -0.971. The van der Waals surface area contributed by atoms with Crippen molar-refractivity contribution in [3.8, 4) is 11.3 Å². The van der Waals surface area contributed by atoms with Crippen LogP contribution < -0.4 is 5.32 Å². The van der Waals surface area contributed by atoms with Gasteiger partial charge in [0.15, 0.2) is 6.61 Å². The molecule has 0 saturated heterocycles. The lowest BCUT2D eigenvalue weighted by Gasteiger charge is -2.08. The molecule has 0 bridgehead atoms. The molecule has 1 amide bonds. The number of amides is 1. The SMILES string of the molecule is Cc1ccccc1NC(=O)COC(=O)c1ccc(-c2ccc([N+](=O)[O-])cc2)o1. The minimum atomic E-state index is -0.784. The number of nitro groups is 1. The Morgan fingerprint density at radius 3 is 2.46 bits per heavy atom. The monoisotopic (exact) mass is 380 g/mol. The predicted octanol–water partition coefficient (Wildman–Crippen LogP) is 3.96. The van der Waals surface area contributed by atoms with E-state index in [-0.39, 0.29) is 11.4 Å². The van der Waals surface area contributed by atoms with Crippen LogP contribution in [0, 0.1) is 17.0 Å². The Balaban J connectivity index is 1.59. The van der Waals surface area contributed by atoms with Crippen LogP contribution in [0.1, 0.15) is 16.1 Å². The van der Waals surface area contributed by atoms with Gasteiger partial charge in [0.25, 0.3) is 11.6 Å². The van der Waals surface area contributed by atoms with Gasteiger partial charge >= 0.3 is 5.97 Å². The van der Waals surface area contributed by atoms with E-state index in [1.165, 1.54) is 30.3 Å². The highest BCUT2D eigenvalue weighted by molar-refractivity contribution is 5.95. The molecule has 0 radical (unpaired) electrons. The van der Waals surface area contributed by atoms with E-state index < -0.39 is 23.4 Å². The molecule has 28 heavy (non-hydrogen) atoms. The molecule has 1 N–H and O–H groups in total. The molecular formula is C20H16N2O6. The van der Waals surface area contributed by atoms with Gasteiger partial charge < -0.3 is 14.5 Å². The number of anilines is 1. The number of para-hydroxylation sites is 1. The molecule has 0 aliphatic rings. The smallest absolute Gasteiger partial charge is 0.374 e. The molecule has 0 unspecified atom stereocenters. The molecule has 2 aromatic carbocycles. The van der Waals surface area contributed by atoms with Gasteiger partial charge in [-0.25, -0.2) is 4.79 Å². The largest absolute Gasteiger partial charge is 0.450 e. The first kappa shape index (κ1) is 18.8. The van der Waals surface area contributed by atoms with E-state index >= 15 is 0 Å². The van der Waals surface area contributed by atoms with E-state index in [2.05, 4.69) is 5.32 Å². The van der Waals surface area contributed by atoms with E-state index in [1.54, 1.807) is 18.2 Å². The molecule has 0 aliphatic heterocycles. The number of furan rings is 1. The van der Waals surface area contributed by atoms with Crippen LogP contribution >= 0.6 is 0 Å². The first-order chi connectivity index (χ1) is 13.4. The Labute approximate surface area is 159 Å². The second-order valence-electron chi connectivity index (χ2n) is 5.91. The van der Waals surface area contributed by atoms with Crippen LogP contribution in [0.25, 0.3) is 11.3 Å². The number of esters is 1. The second-order valence-corrected chi connectivity index (χ2v) is 5.91. The molecular weight excluding hydrogens is 364 g/mol. The lowest BCUT2D eigenvalue weighted by molar-refractivity contribution is -0.384. The topological polar surface area (TPSA) is 112 Å². The Morgan fingerprint density at radius 2 is 1.79 bits per heavy atom. The maximum atomic E-state index is 12.1. The number of benzene rings is 2. The number of rotatable bonds is 6. The maximum Gasteiger partial charge on any atom is 0.374 e. The van der Waals surface area contributed by atoms with E-state index in [1.807, 2.05) is 19.1 Å². The van der Waals surface area contributed by atoms with Crippen LogP contribution in [0.5, 0.6) is 0 Å². The summed E-state index contributed by atoms with van der Waals surface area (Å²) in [5.41, 5.74) is 2.06. The van der Waals surface area contributed by atoms with E-state index in [0.717, 1.165) is 5.56 Å². The fourth-order valence-corrected chi connectivity index (χ4v) is 2.45. The van der Waals surface area contributed by atoms with Crippen molar-refractivity contribution in [2.75, 3.05) is 11.9 Å². The fourth-order valence-electron chi connectivity index (χ4n) is 2.45. The second kappa shape index (κ2) is 8.17. The van der Waals surface area contributed by atoms with Crippen molar-refractivity contribution in [1.29, 1.82) is 0 Å². The van der Waals surface area contributed by atoms with Crippen molar-refractivity contribution >= 4 is 23.3 Å². The number of ether oxygens (including phenoxy) is 1. The summed E-state index contributed by atoms with van der Waals surface area (Å²) in [6.07, 6.45) is 0. The number of carbonyl (C=O) groups is 2. The van der Waals surface area contributed by atoms with Gasteiger partial charge in [-0.2, -0.15) is 0 Å². The molecule has 1 heterocycles. The van der Waals surface area contributed by atoms with Gasteiger partial charge in [0, 0.05) is 23.4 Å². The first-order valence-electron chi connectivity index (χ1n) is 8.31. The lowest BCUT2D eigenvalue weighted by atomic mass is 10.1. The van der Waals surface area contributed by atoms with Crippen LogP contribution in [0.4, 0.5) is 11.4 Å². The van der Waals surface area contributed by atoms with E-state index in [9.17, 15) is 19.7 Å². The quantitative estimate of drug-likeness (QED) is 0.394. The van der Waals surface area contributed by atoms with Crippen LogP contribution in [-0.2, 0) is 9.53 Å². The summed E-state index contributed by atoms with van der Waals surface area (Å²) >= 11 is 0. The van der Waals surface area contributed by atoms with Gasteiger partial charge in [-0.15, -0.1) is 0 Å².